The third-order valence-corrected chi connectivity index (χ3v) is 13.1. The summed E-state index contributed by atoms with van der Waals surface area (Å²) in [4.78, 5) is 24.5. The van der Waals surface area contributed by atoms with E-state index in [2.05, 4.69) is 123 Å². The fourth-order valence-electron chi connectivity index (χ4n) is 8.55. The zero-order valence-corrected chi connectivity index (χ0v) is 47.2. The summed E-state index contributed by atoms with van der Waals surface area (Å²) in [5, 5.41) is 9.66. The van der Waals surface area contributed by atoms with Gasteiger partial charge in [-0.3, -0.25) is 9.59 Å². The number of ether oxygens (including phenoxy) is 2. The molecule has 0 saturated carbocycles. The highest BCUT2D eigenvalue weighted by Crippen LogP contribution is 2.16. The highest BCUT2D eigenvalue weighted by Gasteiger charge is 2.16. The van der Waals surface area contributed by atoms with Crippen LogP contribution in [0.2, 0.25) is 0 Å². The van der Waals surface area contributed by atoms with Gasteiger partial charge in [0.25, 0.3) is 0 Å². The largest absolute Gasteiger partial charge is 0.462 e. The van der Waals surface area contributed by atoms with Crippen LogP contribution >= 0.6 is 0 Å². The van der Waals surface area contributed by atoms with Crippen molar-refractivity contribution < 1.29 is 24.2 Å². The molecule has 0 aromatic heterocycles. The summed E-state index contributed by atoms with van der Waals surface area (Å²) in [5.41, 5.74) is 0. The number of carbonyl (C=O) groups excluding carboxylic acids is 2. The van der Waals surface area contributed by atoms with Gasteiger partial charge in [-0.2, -0.15) is 0 Å². The molecule has 0 radical (unpaired) electrons. The second-order valence-corrected chi connectivity index (χ2v) is 20.1. The zero-order valence-electron chi connectivity index (χ0n) is 47.2. The molecule has 0 amide bonds. The third-order valence-electron chi connectivity index (χ3n) is 13.1. The molecule has 0 bridgehead atoms. The van der Waals surface area contributed by atoms with Crippen molar-refractivity contribution in [3.63, 3.8) is 0 Å². The molecule has 1 atom stereocenters. The first kappa shape index (κ1) is 68.6. The third kappa shape index (κ3) is 59.1. The zero-order chi connectivity index (χ0) is 52.0. The Labute approximate surface area is 446 Å². The first-order valence-corrected chi connectivity index (χ1v) is 30.4. The lowest BCUT2D eigenvalue weighted by molar-refractivity contribution is -0.161. The molecule has 1 unspecified atom stereocenters. The van der Waals surface area contributed by atoms with Gasteiger partial charge in [-0.1, -0.05) is 297 Å². The van der Waals surface area contributed by atoms with Crippen LogP contribution in [-0.2, 0) is 19.1 Å². The maximum Gasteiger partial charge on any atom is 0.306 e. The van der Waals surface area contributed by atoms with Crippen LogP contribution in [0, 0.1) is 0 Å². The molecule has 72 heavy (non-hydrogen) atoms. The number of unbranched alkanes of at least 4 members (excludes halogenated alkanes) is 29. The molecule has 5 nitrogen and oxygen atoms in total. The van der Waals surface area contributed by atoms with Crippen molar-refractivity contribution in [2.24, 2.45) is 0 Å². The summed E-state index contributed by atoms with van der Waals surface area (Å²) in [5.74, 6) is -0.587. The molecular weight excluding hydrogens is 885 g/mol. The molecule has 0 aromatic rings. The maximum atomic E-state index is 12.3. The molecular formula is C67H114O5. The fourth-order valence-corrected chi connectivity index (χ4v) is 8.55. The second kappa shape index (κ2) is 61.9. The van der Waals surface area contributed by atoms with Crippen LogP contribution in [0.4, 0.5) is 0 Å². The van der Waals surface area contributed by atoms with Crippen LogP contribution in [-0.4, -0.2) is 36.4 Å². The van der Waals surface area contributed by atoms with E-state index in [1.165, 1.54) is 161 Å². The standard InChI is InChI=1S/C67H114O5/c1-3-5-7-9-11-13-15-17-19-21-23-24-25-26-27-28-29-30-31-32-33-34-35-36-37-38-39-40-41-42-44-46-48-50-52-54-56-58-60-62-67(70)72-65(63-68)64-71-66(69)61-59-57-55-53-51-49-47-45-43-22-20-18-16-14-12-10-8-6-4-2/h5,7,11,13,17,19,23-24,26-27,29-30,32-33,35-36,38-39,65,68H,3-4,6,8-10,12,14-16,18,20-22,25,28,31,34,37,40-64H2,1-2H3/b7-5-,13-11-,19-17-,24-23-,27-26-,30-29-,33-32-,36-35-,39-38-. The van der Waals surface area contributed by atoms with Crippen LogP contribution in [0.3, 0.4) is 0 Å². The SMILES string of the molecule is CC/C=C\C/C=C\C/C=C\C/C=C\C/C=C\C/C=C\C/C=C\C/C=C\C/C=C\CCCCCCCCCCCCCC(=O)OC(CO)COC(=O)CCCCCCCCCCCCCCCCCCCCC. The van der Waals surface area contributed by atoms with Gasteiger partial charge in [0, 0.05) is 12.8 Å². The van der Waals surface area contributed by atoms with E-state index in [9.17, 15) is 14.7 Å². The number of allylic oxidation sites excluding steroid dienone is 18. The molecule has 5 heteroatoms. The fraction of sp³-hybridized carbons (Fsp3) is 0.701. The van der Waals surface area contributed by atoms with Crippen molar-refractivity contribution in [2.45, 2.75) is 290 Å². The minimum atomic E-state index is -0.778. The van der Waals surface area contributed by atoms with Crippen LogP contribution in [0.15, 0.2) is 109 Å². The van der Waals surface area contributed by atoms with Crippen molar-refractivity contribution in [1.29, 1.82) is 0 Å². The molecule has 0 aliphatic carbocycles. The summed E-state index contributed by atoms with van der Waals surface area (Å²) in [7, 11) is 0. The summed E-state index contributed by atoms with van der Waals surface area (Å²) in [6, 6.07) is 0. The number of esters is 2. The average Bonchev–Trinajstić information content (AvgIpc) is 3.38. The summed E-state index contributed by atoms with van der Waals surface area (Å²) in [6.07, 6.45) is 89.3. The molecule has 412 valence electrons. The molecule has 0 fully saturated rings. The molecule has 0 aliphatic rings. The van der Waals surface area contributed by atoms with E-state index in [1.54, 1.807) is 0 Å². The number of carbonyl (C=O) groups is 2. The summed E-state index contributed by atoms with van der Waals surface area (Å²) < 4.78 is 10.7. The first-order valence-electron chi connectivity index (χ1n) is 30.4. The molecule has 0 saturated heterocycles. The van der Waals surface area contributed by atoms with Crippen molar-refractivity contribution >= 4 is 11.9 Å². The van der Waals surface area contributed by atoms with Gasteiger partial charge in [-0.25, -0.2) is 0 Å². The Kier molecular flexibility index (Phi) is 58.9. The highest BCUT2D eigenvalue weighted by molar-refractivity contribution is 5.70. The Morgan fingerprint density at radius 1 is 0.333 bits per heavy atom. The number of aliphatic hydroxyl groups excluding tert-OH is 1. The lowest BCUT2D eigenvalue weighted by atomic mass is 10.0. The van der Waals surface area contributed by atoms with Gasteiger partial charge in [-0.15, -0.1) is 0 Å². The summed E-state index contributed by atoms with van der Waals surface area (Å²) in [6.45, 7) is 4.05. The van der Waals surface area contributed by atoms with E-state index in [-0.39, 0.29) is 25.2 Å². The number of rotatable bonds is 55. The molecule has 1 N–H and O–H groups in total. The van der Waals surface area contributed by atoms with Crippen LogP contribution in [0.25, 0.3) is 0 Å². The minimum absolute atomic E-state index is 0.0676. The molecule has 0 aromatic carbocycles. The van der Waals surface area contributed by atoms with E-state index >= 15 is 0 Å². The van der Waals surface area contributed by atoms with Crippen molar-refractivity contribution in [3.05, 3.63) is 109 Å². The molecule has 0 rings (SSSR count). The normalized spacial score (nSPS) is 13.0. The van der Waals surface area contributed by atoms with Crippen molar-refractivity contribution in [3.8, 4) is 0 Å². The van der Waals surface area contributed by atoms with E-state index in [1.807, 2.05) is 0 Å². The minimum Gasteiger partial charge on any atom is -0.462 e. The predicted octanol–water partition coefficient (Wildman–Crippen LogP) is 20.9. The quantitative estimate of drug-likeness (QED) is 0.0373. The topological polar surface area (TPSA) is 72.8 Å². The smallest absolute Gasteiger partial charge is 0.306 e. The molecule has 0 spiro atoms. The van der Waals surface area contributed by atoms with E-state index in [0.29, 0.717) is 12.8 Å². The van der Waals surface area contributed by atoms with Gasteiger partial charge < -0.3 is 14.6 Å². The van der Waals surface area contributed by atoms with E-state index < -0.39 is 6.10 Å². The van der Waals surface area contributed by atoms with Crippen molar-refractivity contribution in [1.82, 2.24) is 0 Å². The lowest BCUT2D eigenvalue weighted by Crippen LogP contribution is -2.28. The monoisotopic (exact) mass is 999 g/mol. The van der Waals surface area contributed by atoms with Gasteiger partial charge in [-0.05, 0) is 83.5 Å². The van der Waals surface area contributed by atoms with Gasteiger partial charge >= 0.3 is 11.9 Å². The first-order chi connectivity index (χ1) is 35.6. The Morgan fingerprint density at radius 2 is 0.597 bits per heavy atom. The maximum absolute atomic E-state index is 12.3. The van der Waals surface area contributed by atoms with Gasteiger partial charge in [0.05, 0.1) is 6.61 Å². The number of hydrogen-bond donors (Lipinski definition) is 1. The van der Waals surface area contributed by atoms with E-state index in [4.69, 9.17) is 9.47 Å². The average molecular weight is 1000 g/mol. The van der Waals surface area contributed by atoms with Gasteiger partial charge in [0.2, 0.25) is 0 Å². The van der Waals surface area contributed by atoms with Gasteiger partial charge in [0.15, 0.2) is 6.10 Å². The summed E-state index contributed by atoms with van der Waals surface area (Å²) >= 11 is 0. The Balaban J connectivity index is 3.54. The second-order valence-electron chi connectivity index (χ2n) is 20.1. The Morgan fingerprint density at radius 3 is 0.903 bits per heavy atom. The predicted molar refractivity (Wildman–Crippen MR) is 315 cm³/mol. The highest BCUT2D eigenvalue weighted by atomic mass is 16.6. The van der Waals surface area contributed by atoms with E-state index in [0.717, 1.165) is 96.3 Å². The van der Waals surface area contributed by atoms with Gasteiger partial charge in [0.1, 0.15) is 6.61 Å². The number of aliphatic hydroxyl groups is 1. The van der Waals surface area contributed by atoms with Crippen molar-refractivity contribution in [2.75, 3.05) is 13.2 Å². The molecule has 0 aliphatic heterocycles. The van der Waals surface area contributed by atoms with Crippen LogP contribution in [0.1, 0.15) is 284 Å². The Bertz CT molecular complexity index is 1410. The van der Waals surface area contributed by atoms with Crippen LogP contribution < -0.4 is 0 Å². The lowest BCUT2D eigenvalue weighted by Gasteiger charge is -2.15. The Hall–Kier alpha value is -3.44. The van der Waals surface area contributed by atoms with Crippen LogP contribution in [0.5, 0.6) is 0 Å². The molecule has 0 heterocycles. The number of hydrogen-bond acceptors (Lipinski definition) is 5.